The maximum atomic E-state index is 13.1. The van der Waals surface area contributed by atoms with Gasteiger partial charge < -0.3 is 14.4 Å². The number of piperidine rings is 1. The lowest BCUT2D eigenvalue weighted by Crippen LogP contribution is -2.47. The van der Waals surface area contributed by atoms with E-state index < -0.39 is 15.8 Å². The third kappa shape index (κ3) is 3.18. The number of fused-ring (bicyclic) bond motifs is 1. The maximum Gasteiger partial charge on any atom is 0.243 e. The highest BCUT2D eigenvalue weighted by Crippen LogP contribution is 2.37. The van der Waals surface area contributed by atoms with Crippen LogP contribution in [0.25, 0.3) is 0 Å². The van der Waals surface area contributed by atoms with Crippen LogP contribution in [0.2, 0.25) is 0 Å². The van der Waals surface area contributed by atoms with Crippen molar-refractivity contribution in [1.82, 2.24) is 4.31 Å². The van der Waals surface area contributed by atoms with Gasteiger partial charge in [0, 0.05) is 44.1 Å². The second kappa shape index (κ2) is 6.84. The van der Waals surface area contributed by atoms with Crippen molar-refractivity contribution in [2.75, 3.05) is 31.2 Å². The lowest BCUT2D eigenvalue weighted by atomic mass is 10.1. The average Bonchev–Trinajstić information content (AvgIpc) is 3.24. The molecule has 0 aliphatic carbocycles. The van der Waals surface area contributed by atoms with Gasteiger partial charge in [0.15, 0.2) is 5.79 Å². The van der Waals surface area contributed by atoms with Crippen LogP contribution in [0.5, 0.6) is 0 Å². The fourth-order valence-corrected chi connectivity index (χ4v) is 5.81. The predicted octanol–water partition coefficient (Wildman–Crippen LogP) is 1.90. The van der Waals surface area contributed by atoms with E-state index in [1.54, 1.807) is 23.1 Å². The highest BCUT2D eigenvalue weighted by Gasteiger charge is 2.43. The molecule has 8 heteroatoms. The first kappa shape index (κ1) is 18.9. The Morgan fingerprint density at radius 2 is 1.89 bits per heavy atom. The number of ether oxygens (including phenoxy) is 2. The van der Waals surface area contributed by atoms with Crippen LogP contribution < -0.4 is 4.90 Å². The smallest absolute Gasteiger partial charge is 0.243 e. The Bertz CT molecular complexity index is 838. The first-order valence-electron chi connectivity index (χ1n) is 9.59. The van der Waals surface area contributed by atoms with Gasteiger partial charge in [-0.2, -0.15) is 4.31 Å². The van der Waals surface area contributed by atoms with E-state index in [0.29, 0.717) is 56.9 Å². The molecule has 4 rings (SSSR count). The van der Waals surface area contributed by atoms with Crippen LogP contribution >= 0.6 is 0 Å². The molecule has 1 unspecified atom stereocenters. The number of rotatable bonds is 3. The summed E-state index contributed by atoms with van der Waals surface area (Å²) >= 11 is 0. The van der Waals surface area contributed by atoms with Crippen molar-refractivity contribution in [1.29, 1.82) is 0 Å². The number of sulfonamides is 1. The van der Waals surface area contributed by atoms with Gasteiger partial charge >= 0.3 is 0 Å². The van der Waals surface area contributed by atoms with Crippen LogP contribution in [-0.4, -0.2) is 56.8 Å². The van der Waals surface area contributed by atoms with Crippen LogP contribution in [0, 0.1) is 0 Å². The number of hydrogen-bond donors (Lipinski definition) is 0. The number of anilines is 1. The van der Waals surface area contributed by atoms with Crippen LogP contribution in [-0.2, 0) is 30.7 Å². The molecular formula is C19H26N2O5S. The molecule has 1 atom stereocenters. The van der Waals surface area contributed by atoms with E-state index in [4.69, 9.17) is 9.47 Å². The SMILES string of the molecule is CCC(=O)N1c2ccc(S(=O)(=O)N3CCC4(CC3)OCCO4)cc2CC1C. The Hall–Kier alpha value is -1.48. The molecule has 3 aliphatic rings. The Morgan fingerprint density at radius 1 is 1.22 bits per heavy atom. The minimum absolute atomic E-state index is 0.0527. The molecule has 2 fully saturated rings. The lowest BCUT2D eigenvalue weighted by Gasteiger charge is -2.36. The molecule has 1 spiro atoms. The van der Waals surface area contributed by atoms with Crippen LogP contribution in [0.3, 0.4) is 0 Å². The van der Waals surface area contributed by atoms with Crippen molar-refractivity contribution >= 4 is 21.6 Å². The van der Waals surface area contributed by atoms with E-state index in [1.807, 2.05) is 13.8 Å². The molecule has 0 N–H and O–H groups in total. The summed E-state index contributed by atoms with van der Waals surface area (Å²) in [5.41, 5.74) is 1.75. The highest BCUT2D eigenvalue weighted by atomic mass is 32.2. The molecule has 0 bridgehead atoms. The van der Waals surface area contributed by atoms with Crippen LogP contribution in [0.4, 0.5) is 5.69 Å². The van der Waals surface area contributed by atoms with Gasteiger partial charge in [0.25, 0.3) is 0 Å². The number of amides is 1. The molecule has 27 heavy (non-hydrogen) atoms. The van der Waals surface area contributed by atoms with Crippen molar-refractivity contribution in [3.05, 3.63) is 23.8 Å². The van der Waals surface area contributed by atoms with Crippen LogP contribution in [0.1, 0.15) is 38.7 Å². The Morgan fingerprint density at radius 3 is 2.52 bits per heavy atom. The van der Waals surface area contributed by atoms with Gasteiger partial charge in [-0.1, -0.05) is 6.92 Å². The molecule has 3 aliphatic heterocycles. The Kier molecular flexibility index (Phi) is 4.78. The van der Waals surface area contributed by atoms with Gasteiger partial charge in [0.1, 0.15) is 0 Å². The molecule has 0 aromatic heterocycles. The van der Waals surface area contributed by atoms with E-state index in [-0.39, 0.29) is 11.9 Å². The van der Waals surface area contributed by atoms with Gasteiger partial charge in [-0.25, -0.2) is 8.42 Å². The second-order valence-corrected chi connectivity index (χ2v) is 9.41. The summed E-state index contributed by atoms with van der Waals surface area (Å²) in [6.45, 7) is 5.75. The molecule has 2 saturated heterocycles. The number of nitrogens with zero attached hydrogens (tertiary/aromatic N) is 2. The normalized spacial score (nSPS) is 25.1. The zero-order chi connectivity index (χ0) is 19.2. The monoisotopic (exact) mass is 394 g/mol. The summed E-state index contributed by atoms with van der Waals surface area (Å²) in [6, 6.07) is 5.18. The van der Waals surface area contributed by atoms with Gasteiger partial charge in [0.05, 0.1) is 18.1 Å². The summed E-state index contributed by atoms with van der Waals surface area (Å²) in [7, 11) is -3.57. The van der Waals surface area contributed by atoms with Crippen molar-refractivity contribution in [3.8, 4) is 0 Å². The predicted molar refractivity (Wildman–Crippen MR) is 100 cm³/mol. The van der Waals surface area contributed by atoms with Gasteiger partial charge in [-0.05, 0) is 37.1 Å². The fraction of sp³-hybridized carbons (Fsp3) is 0.632. The lowest BCUT2D eigenvalue weighted by molar-refractivity contribution is -0.179. The summed E-state index contributed by atoms with van der Waals surface area (Å²) in [6.07, 6.45) is 2.21. The first-order chi connectivity index (χ1) is 12.9. The third-order valence-corrected chi connectivity index (χ3v) is 7.67. The van der Waals surface area contributed by atoms with Crippen molar-refractivity contribution in [3.63, 3.8) is 0 Å². The van der Waals surface area contributed by atoms with Crippen LogP contribution in [0.15, 0.2) is 23.1 Å². The summed E-state index contributed by atoms with van der Waals surface area (Å²) < 4.78 is 39.1. The summed E-state index contributed by atoms with van der Waals surface area (Å²) in [4.78, 5) is 14.3. The highest BCUT2D eigenvalue weighted by molar-refractivity contribution is 7.89. The van der Waals surface area contributed by atoms with Gasteiger partial charge in [0.2, 0.25) is 15.9 Å². The number of carbonyl (C=O) groups excluding carboxylic acids is 1. The average molecular weight is 394 g/mol. The molecule has 1 amide bonds. The Labute approximate surface area is 160 Å². The van der Waals surface area contributed by atoms with Gasteiger partial charge in [-0.15, -0.1) is 0 Å². The summed E-state index contributed by atoms with van der Waals surface area (Å²) in [5.74, 6) is -0.532. The van der Waals surface area contributed by atoms with E-state index >= 15 is 0 Å². The minimum Gasteiger partial charge on any atom is -0.347 e. The van der Waals surface area contributed by atoms with E-state index in [1.165, 1.54) is 4.31 Å². The molecular weight excluding hydrogens is 368 g/mol. The summed E-state index contributed by atoms with van der Waals surface area (Å²) in [5, 5.41) is 0. The minimum atomic E-state index is -3.57. The van der Waals surface area contributed by atoms with E-state index in [2.05, 4.69) is 0 Å². The quantitative estimate of drug-likeness (QED) is 0.783. The largest absolute Gasteiger partial charge is 0.347 e. The van der Waals surface area contributed by atoms with E-state index in [0.717, 1.165) is 11.3 Å². The Balaban J connectivity index is 1.55. The number of carbonyl (C=O) groups is 1. The van der Waals surface area contributed by atoms with Gasteiger partial charge in [-0.3, -0.25) is 4.79 Å². The fourth-order valence-electron chi connectivity index (χ4n) is 4.32. The number of benzene rings is 1. The molecule has 0 saturated carbocycles. The molecule has 1 aromatic rings. The standard InChI is InChI=1S/C19H26N2O5S/c1-3-18(22)21-14(2)12-15-13-16(4-5-17(15)21)27(23,24)20-8-6-19(7-9-20)25-10-11-26-19/h4-5,13-14H,3,6-12H2,1-2H3. The van der Waals surface area contributed by atoms with E-state index in [9.17, 15) is 13.2 Å². The molecule has 7 nitrogen and oxygen atoms in total. The molecule has 0 radical (unpaired) electrons. The topological polar surface area (TPSA) is 76.2 Å². The van der Waals surface area contributed by atoms with Crippen molar-refractivity contribution in [2.45, 2.75) is 56.3 Å². The zero-order valence-corrected chi connectivity index (χ0v) is 16.6. The molecule has 1 aromatic carbocycles. The van der Waals surface area contributed by atoms with Crippen molar-refractivity contribution < 1.29 is 22.7 Å². The van der Waals surface area contributed by atoms with Crippen molar-refractivity contribution in [2.24, 2.45) is 0 Å². The molecule has 3 heterocycles. The third-order valence-electron chi connectivity index (χ3n) is 5.77. The first-order valence-corrected chi connectivity index (χ1v) is 11.0. The maximum absolute atomic E-state index is 13.1. The second-order valence-electron chi connectivity index (χ2n) is 7.47. The molecule has 148 valence electrons. The zero-order valence-electron chi connectivity index (χ0n) is 15.8. The number of hydrogen-bond acceptors (Lipinski definition) is 5.